The number of carbonyl (C=O) groups excluding carboxylic acids is 2. The summed E-state index contributed by atoms with van der Waals surface area (Å²) in [6.45, 7) is 6.15. The monoisotopic (exact) mass is 454 g/mol. The number of ketones is 1. The summed E-state index contributed by atoms with van der Waals surface area (Å²) in [4.78, 5) is 28.6. The summed E-state index contributed by atoms with van der Waals surface area (Å²) in [5.74, 6) is -0.826. The predicted molar refractivity (Wildman–Crippen MR) is 127 cm³/mol. The van der Waals surface area contributed by atoms with Gasteiger partial charge in [-0.25, -0.2) is 4.79 Å². The number of oxime groups is 1. The van der Waals surface area contributed by atoms with Crippen LogP contribution in [-0.4, -0.2) is 22.2 Å². The molecule has 1 aromatic heterocycles. The van der Waals surface area contributed by atoms with Gasteiger partial charge in [-0.15, -0.1) is 0 Å². The molecule has 2 atom stereocenters. The van der Waals surface area contributed by atoms with Crippen LogP contribution in [0, 0.1) is 6.92 Å². The summed E-state index contributed by atoms with van der Waals surface area (Å²) in [6.07, 6.45) is 0.00936. The Morgan fingerprint density at radius 2 is 1.88 bits per heavy atom. The number of fused-ring (bicyclic) bond motifs is 5. The number of hydrogen-bond donors (Lipinski definition) is 0. The van der Waals surface area contributed by atoms with E-state index in [1.54, 1.807) is 6.07 Å². The number of carbonyl (C=O) groups is 2. The quantitative estimate of drug-likeness (QED) is 0.235. The van der Waals surface area contributed by atoms with Crippen molar-refractivity contribution < 1.29 is 23.9 Å². The lowest BCUT2D eigenvalue weighted by atomic mass is 9.99. The normalized spacial score (nSPS) is 20.1. The SMILES string of the molecule is CCn1c2ccc(C3OC3c3ccccc3C)cc2c2c3c(ccc21)C(=O)/C(=N\OC(C)=O)O3. The lowest BCUT2D eigenvalue weighted by molar-refractivity contribution is -0.141. The van der Waals surface area contributed by atoms with Crippen LogP contribution in [-0.2, 0) is 20.9 Å². The lowest BCUT2D eigenvalue weighted by Gasteiger charge is -2.04. The van der Waals surface area contributed by atoms with E-state index in [0.717, 1.165) is 33.9 Å². The maximum atomic E-state index is 12.8. The van der Waals surface area contributed by atoms with E-state index in [0.29, 0.717) is 11.3 Å². The second-order valence-corrected chi connectivity index (χ2v) is 8.60. The molecule has 0 saturated carbocycles. The molecule has 4 aromatic rings. The largest absolute Gasteiger partial charge is 0.432 e. The zero-order chi connectivity index (χ0) is 23.6. The molecule has 1 fully saturated rings. The fraction of sp³-hybridized carbons (Fsp3) is 0.222. The van der Waals surface area contributed by atoms with Crippen molar-refractivity contribution in [1.29, 1.82) is 0 Å². The van der Waals surface area contributed by atoms with Crippen LogP contribution in [0.1, 0.15) is 53.1 Å². The molecule has 7 nitrogen and oxygen atoms in total. The summed E-state index contributed by atoms with van der Waals surface area (Å²) in [7, 11) is 0. The van der Waals surface area contributed by atoms with Crippen molar-refractivity contribution >= 4 is 39.5 Å². The van der Waals surface area contributed by atoms with Crippen molar-refractivity contribution in [3.05, 3.63) is 76.9 Å². The molecule has 3 heterocycles. The first-order chi connectivity index (χ1) is 16.5. The molecule has 0 amide bonds. The minimum Gasteiger partial charge on any atom is -0.432 e. The van der Waals surface area contributed by atoms with E-state index in [1.165, 1.54) is 18.1 Å². The minimum atomic E-state index is -0.620. The van der Waals surface area contributed by atoms with Crippen LogP contribution in [0.4, 0.5) is 0 Å². The number of Topliss-reactive ketones (excluding diaryl/α,β-unsaturated/α-hetero) is 1. The number of epoxide rings is 1. The van der Waals surface area contributed by atoms with Crippen LogP contribution < -0.4 is 4.74 Å². The van der Waals surface area contributed by atoms with Crippen molar-refractivity contribution in [3.8, 4) is 5.75 Å². The van der Waals surface area contributed by atoms with Gasteiger partial charge in [-0.05, 0) is 60.0 Å². The maximum absolute atomic E-state index is 12.8. The predicted octanol–water partition coefficient (Wildman–Crippen LogP) is 5.39. The molecule has 170 valence electrons. The molecule has 0 N–H and O–H groups in total. The van der Waals surface area contributed by atoms with Crippen molar-refractivity contribution in [2.45, 2.75) is 39.5 Å². The van der Waals surface area contributed by atoms with Gasteiger partial charge in [0.1, 0.15) is 12.2 Å². The zero-order valence-electron chi connectivity index (χ0n) is 19.0. The molecule has 7 heteroatoms. The standard InChI is InChI=1S/C27H22N2O5/c1-4-29-20-11-9-16(24-26(32-24)17-8-6-5-7-14(17)2)13-19(20)22-21(29)12-10-18-23(31)27(33-25(18)22)28-34-15(3)30/h5-13,24,26H,4H2,1-3H3/b28-27+. The zero-order valence-corrected chi connectivity index (χ0v) is 19.0. The lowest BCUT2D eigenvalue weighted by Crippen LogP contribution is -2.13. The Morgan fingerprint density at radius 3 is 2.65 bits per heavy atom. The third-order valence-corrected chi connectivity index (χ3v) is 6.53. The van der Waals surface area contributed by atoms with E-state index in [2.05, 4.69) is 58.7 Å². The summed E-state index contributed by atoms with van der Waals surface area (Å²) in [5.41, 5.74) is 5.89. The maximum Gasteiger partial charge on any atom is 0.332 e. The van der Waals surface area contributed by atoms with E-state index in [-0.39, 0.29) is 18.1 Å². The van der Waals surface area contributed by atoms with Crippen LogP contribution in [0.25, 0.3) is 21.8 Å². The summed E-state index contributed by atoms with van der Waals surface area (Å²) in [5, 5.41) is 5.43. The van der Waals surface area contributed by atoms with Crippen LogP contribution >= 0.6 is 0 Å². The third-order valence-electron chi connectivity index (χ3n) is 6.53. The summed E-state index contributed by atoms with van der Waals surface area (Å²) < 4.78 is 14.1. The Morgan fingerprint density at radius 1 is 1.09 bits per heavy atom. The molecule has 0 radical (unpaired) electrons. The highest BCUT2D eigenvalue weighted by Gasteiger charge is 2.42. The molecule has 34 heavy (non-hydrogen) atoms. The highest BCUT2D eigenvalue weighted by atomic mass is 16.7. The van der Waals surface area contributed by atoms with E-state index in [4.69, 9.17) is 9.47 Å². The number of rotatable bonds is 4. The second-order valence-electron chi connectivity index (χ2n) is 8.60. The van der Waals surface area contributed by atoms with E-state index in [1.807, 2.05) is 18.2 Å². The van der Waals surface area contributed by atoms with E-state index >= 15 is 0 Å². The van der Waals surface area contributed by atoms with Crippen LogP contribution in [0.3, 0.4) is 0 Å². The Bertz CT molecular complexity index is 1550. The molecule has 6 rings (SSSR count). The molecule has 0 aliphatic carbocycles. The van der Waals surface area contributed by atoms with E-state index in [9.17, 15) is 9.59 Å². The molecule has 2 unspecified atom stereocenters. The Balaban J connectivity index is 1.48. The molecule has 2 aliphatic heterocycles. The highest BCUT2D eigenvalue weighted by Crippen LogP contribution is 2.52. The number of aromatic nitrogens is 1. The third kappa shape index (κ3) is 3.04. The van der Waals surface area contributed by atoms with Crippen molar-refractivity contribution in [1.82, 2.24) is 4.57 Å². The molecule has 2 aliphatic rings. The molecule has 0 bridgehead atoms. The van der Waals surface area contributed by atoms with Crippen molar-refractivity contribution in [3.63, 3.8) is 0 Å². The van der Waals surface area contributed by atoms with Gasteiger partial charge < -0.3 is 18.9 Å². The number of aryl methyl sites for hydroxylation is 2. The summed E-state index contributed by atoms with van der Waals surface area (Å²) >= 11 is 0. The van der Waals surface area contributed by atoms with Gasteiger partial charge in [0.25, 0.3) is 5.78 Å². The molecular weight excluding hydrogens is 432 g/mol. The molecule has 3 aromatic carbocycles. The average Bonchev–Trinajstić information content (AvgIpc) is 3.47. The first kappa shape index (κ1) is 20.6. The van der Waals surface area contributed by atoms with Crippen LogP contribution in [0.5, 0.6) is 5.75 Å². The topological polar surface area (TPSA) is 82.4 Å². The van der Waals surface area contributed by atoms with Crippen LogP contribution in [0.2, 0.25) is 0 Å². The van der Waals surface area contributed by atoms with Gasteiger partial charge >= 0.3 is 11.9 Å². The van der Waals surface area contributed by atoms with E-state index < -0.39 is 11.8 Å². The van der Waals surface area contributed by atoms with Gasteiger partial charge in [-0.2, -0.15) is 0 Å². The van der Waals surface area contributed by atoms with Crippen molar-refractivity contribution in [2.75, 3.05) is 0 Å². The first-order valence-corrected chi connectivity index (χ1v) is 11.3. The van der Waals surface area contributed by atoms with Gasteiger partial charge in [-0.3, -0.25) is 4.79 Å². The molecule has 1 saturated heterocycles. The Hall–Kier alpha value is -3.97. The summed E-state index contributed by atoms with van der Waals surface area (Å²) in [6, 6.07) is 18.3. The molecule has 0 spiro atoms. The fourth-order valence-electron chi connectivity index (χ4n) is 4.91. The first-order valence-electron chi connectivity index (χ1n) is 11.3. The Kier molecular flexibility index (Phi) is 4.57. The number of hydrogen-bond acceptors (Lipinski definition) is 6. The Labute approximate surface area is 195 Å². The molecular formula is C27H22N2O5. The van der Waals surface area contributed by atoms with Gasteiger partial charge in [-0.1, -0.05) is 30.3 Å². The number of nitrogens with zero attached hydrogens (tertiary/aromatic N) is 2. The van der Waals surface area contributed by atoms with Gasteiger partial charge in [0.05, 0.1) is 16.5 Å². The van der Waals surface area contributed by atoms with Gasteiger partial charge in [0.15, 0.2) is 5.75 Å². The van der Waals surface area contributed by atoms with Crippen LogP contribution in [0.15, 0.2) is 59.8 Å². The fourth-order valence-corrected chi connectivity index (χ4v) is 4.91. The number of benzene rings is 3. The van der Waals surface area contributed by atoms with Crippen molar-refractivity contribution in [2.24, 2.45) is 5.16 Å². The number of ether oxygens (including phenoxy) is 2. The van der Waals surface area contributed by atoms with Gasteiger partial charge in [0, 0.05) is 24.4 Å². The van der Waals surface area contributed by atoms with Gasteiger partial charge in [0.2, 0.25) is 0 Å². The highest BCUT2D eigenvalue weighted by molar-refractivity contribution is 6.47. The minimum absolute atomic E-state index is 0.0223. The smallest absolute Gasteiger partial charge is 0.332 e. The second kappa shape index (κ2) is 7.53. The average molecular weight is 454 g/mol.